The summed E-state index contributed by atoms with van der Waals surface area (Å²) < 4.78 is 24.0. The van der Waals surface area contributed by atoms with Crippen molar-refractivity contribution < 1.29 is 13.3 Å². The Kier molecular flexibility index (Phi) is 4.23. The summed E-state index contributed by atoms with van der Waals surface area (Å²) in [5.74, 6) is -0.397. The molecule has 0 amide bonds. The topological polar surface area (TPSA) is 104 Å². The van der Waals surface area contributed by atoms with Gasteiger partial charge in [0.15, 0.2) is 5.03 Å². The van der Waals surface area contributed by atoms with Crippen LogP contribution in [0.2, 0.25) is 0 Å². The number of sulfone groups is 1. The summed E-state index contributed by atoms with van der Waals surface area (Å²) in [6, 6.07) is -0.541. The van der Waals surface area contributed by atoms with E-state index in [9.17, 15) is 8.42 Å². The van der Waals surface area contributed by atoms with Gasteiger partial charge in [0.05, 0.1) is 11.5 Å². The molecule has 1 atom stereocenters. The molecule has 1 aliphatic heterocycles. The van der Waals surface area contributed by atoms with Gasteiger partial charge in [-0.1, -0.05) is 0 Å². The molecule has 7 nitrogen and oxygen atoms in total. The molecular weight excluding hydrogens is 256 g/mol. The summed E-state index contributed by atoms with van der Waals surface area (Å²) in [6.07, 6.45) is 1.49. The van der Waals surface area contributed by atoms with Crippen LogP contribution in [0.5, 0.6) is 0 Å². The van der Waals surface area contributed by atoms with Crippen LogP contribution in [0.25, 0.3) is 0 Å². The lowest BCUT2D eigenvalue weighted by Crippen LogP contribution is -2.28. The zero-order chi connectivity index (χ0) is 14.0. The van der Waals surface area contributed by atoms with Crippen LogP contribution in [0, 0.1) is 5.41 Å². The van der Waals surface area contributed by atoms with Crippen molar-refractivity contribution in [1.82, 2.24) is 5.48 Å². The highest BCUT2D eigenvalue weighted by atomic mass is 32.2. The third kappa shape index (κ3) is 3.61. The van der Waals surface area contributed by atoms with Crippen LogP contribution in [0.15, 0.2) is 21.3 Å². The second-order valence-electron chi connectivity index (χ2n) is 4.59. The minimum absolute atomic E-state index is 0.00196. The molecule has 0 aliphatic carbocycles. The minimum atomic E-state index is -3.59. The summed E-state index contributed by atoms with van der Waals surface area (Å²) in [5, 5.41) is 15.0. The quantitative estimate of drug-likeness (QED) is 0.577. The first-order valence-electron chi connectivity index (χ1n) is 5.44. The summed E-state index contributed by atoms with van der Waals surface area (Å²) in [4.78, 5) is 5.09. The fourth-order valence-electron chi connectivity index (χ4n) is 1.36. The SMILES string of the molecule is CN=NC(C)C(=N)CS(=O)(=O)C1=CC(C)(C)ON1. The van der Waals surface area contributed by atoms with E-state index in [4.69, 9.17) is 10.2 Å². The molecule has 0 fully saturated rings. The first kappa shape index (κ1) is 14.8. The van der Waals surface area contributed by atoms with Gasteiger partial charge in [0.1, 0.15) is 11.6 Å². The highest BCUT2D eigenvalue weighted by Crippen LogP contribution is 2.22. The molecular formula is C10H18N4O3S. The van der Waals surface area contributed by atoms with E-state index in [0.717, 1.165) is 0 Å². The maximum atomic E-state index is 12.0. The van der Waals surface area contributed by atoms with E-state index in [1.54, 1.807) is 20.8 Å². The van der Waals surface area contributed by atoms with Gasteiger partial charge in [0.25, 0.3) is 0 Å². The van der Waals surface area contributed by atoms with Crippen molar-refractivity contribution in [3.05, 3.63) is 11.1 Å². The van der Waals surface area contributed by atoms with E-state index in [0.29, 0.717) is 0 Å². The summed E-state index contributed by atoms with van der Waals surface area (Å²) in [6.45, 7) is 5.10. The van der Waals surface area contributed by atoms with E-state index in [1.807, 2.05) is 0 Å². The average Bonchev–Trinajstić information content (AvgIpc) is 2.59. The molecule has 18 heavy (non-hydrogen) atoms. The molecule has 2 N–H and O–H groups in total. The van der Waals surface area contributed by atoms with E-state index >= 15 is 0 Å². The second kappa shape index (κ2) is 5.15. The third-order valence-corrected chi connectivity index (χ3v) is 3.93. The van der Waals surface area contributed by atoms with Gasteiger partial charge in [0.2, 0.25) is 9.84 Å². The van der Waals surface area contributed by atoms with Gasteiger partial charge in [-0.25, -0.2) is 8.42 Å². The standard InChI is InChI=1S/C10H18N4O3S/c1-7(13-12-4)8(11)6-18(15,16)9-5-10(2,3)17-14-9/h5,7,11,14H,6H2,1-4H3. The van der Waals surface area contributed by atoms with Crippen molar-refractivity contribution >= 4 is 15.5 Å². The molecule has 102 valence electrons. The van der Waals surface area contributed by atoms with Crippen LogP contribution >= 0.6 is 0 Å². The Bertz CT molecular complexity index is 493. The smallest absolute Gasteiger partial charge is 0.200 e. The largest absolute Gasteiger partial charge is 0.306 e. The van der Waals surface area contributed by atoms with Crippen molar-refractivity contribution in [2.75, 3.05) is 12.8 Å². The Morgan fingerprint density at radius 2 is 2.22 bits per heavy atom. The van der Waals surface area contributed by atoms with Gasteiger partial charge >= 0.3 is 0 Å². The normalized spacial score (nSPS) is 20.6. The first-order valence-corrected chi connectivity index (χ1v) is 7.09. The number of rotatable bonds is 5. The summed E-state index contributed by atoms with van der Waals surface area (Å²) in [5.41, 5.74) is 1.71. The monoisotopic (exact) mass is 274 g/mol. The molecule has 0 aromatic heterocycles. The van der Waals surface area contributed by atoms with Gasteiger partial charge in [0, 0.05) is 7.05 Å². The van der Waals surface area contributed by atoms with E-state index in [1.165, 1.54) is 13.1 Å². The van der Waals surface area contributed by atoms with Crippen LogP contribution in [0.3, 0.4) is 0 Å². The molecule has 1 rings (SSSR count). The lowest BCUT2D eigenvalue weighted by atomic mass is 10.1. The molecule has 1 aliphatic rings. The van der Waals surface area contributed by atoms with Crippen molar-refractivity contribution in [3.8, 4) is 0 Å². The molecule has 0 aromatic carbocycles. The zero-order valence-corrected chi connectivity index (χ0v) is 11.7. The van der Waals surface area contributed by atoms with Crippen LogP contribution in [0.4, 0.5) is 0 Å². The van der Waals surface area contributed by atoms with Crippen molar-refractivity contribution in [2.45, 2.75) is 32.4 Å². The number of azo groups is 1. The summed E-state index contributed by atoms with van der Waals surface area (Å²) in [7, 11) is -2.11. The van der Waals surface area contributed by atoms with Crippen LogP contribution in [-0.4, -0.2) is 38.6 Å². The molecule has 0 radical (unpaired) electrons. The molecule has 1 unspecified atom stereocenters. The fraction of sp³-hybridized carbons (Fsp3) is 0.700. The molecule has 0 bridgehead atoms. The first-order chi connectivity index (χ1) is 8.18. The number of nitrogens with zero attached hydrogens (tertiary/aromatic N) is 2. The molecule has 1 heterocycles. The van der Waals surface area contributed by atoms with E-state index in [-0.39, 0.29) is 10.7 Å². The number of hydrogen-bond donors (Lipinski definition) is 2. The molecule has 0 aromatic rings. The Hall–Kier alpha value is -1.28. The Labute approximate surface area is 107 Å². The molecule has 0 saturated carbocycles. The third-order valence-electron chi connectivity index (χ3n) is 2.37. The Balaban J connectivity index is 2.81. The summed E-state index contributed by atoms with van der Waals surface area (Å²) >= 11 is 0. The van der Waals surface area contributed by atoms with Crippen LogP contribution in [0.1, 0.15) is 20.8 Å². The number of hydroxylamine groups is 1. The van der Waals surface area contributed by atoms with Gasteiger partial charge in [-0.05, 0) is 26.8 Å². The van der Waals surface area contributed by atoms with Crippen molar-refractivity contribution in [2.24, 2.45) is 10.2 Å². The second-order valence-corrected chi connectivity index (χ2v) is 6.55. The van der Waals surface area contributed by atoms with Gasteiger partial charge in [-0.2, -0.15) is 10.2 Å². The average molecular weight is 274 g/mol. The lowest BCUT2D eigenvalue weighted by molar-refractivity contribution is -0.0129. The van der Waals surface area contributed by atoms with E-state index < -0.39 is 27.2 Å². The number of nitrogens with one attached hydrogen (secondary N) is 2. The van der Waals surface area contributed by atoms with Gasteiger partial charge < -0.3 is 5.41 Å². The van der Waals surface area contributed by atoms with Crippen LogP contribution < -0.4 is 5.48 Å². The molecule has 0 spiro atoms. The van der Waals surface area contributed by atoms with Crippen molar-refractivity contribution in [1.29, 1.82) is 5.41 Å². The Morgan fingerprint density at radius 1 is 1.61 bits per heavy atom. The predicted octanol–water partition coefficient (Wildman–Crippen LogP) is 1.05. The highest BCUT2D eigenvalue weighted by Gasteiger charge is 2.32. The minimum Gasteiger partial charge on any atom is -0.306 e. The predicted molar refractivity (Wildman–Crippen MR) is 68.1 cm³/mol. The Morgan fingerprint density at radius 3 is 2.67 bits per heavy atom. The lowest BCUT2D eigenvalue weighted by Gasteiger charge is -2.11. The highest BCUT2D eigenvalue weighted by molar-refractivity contribution is 7.95. The maximum Gasteiger partial charge on any atom is 0.200 e. The maximum absolute atomic E-state index is 12.0. The fourth-order valence-corrected chi connectivity index (χ4v) is 2.79. The van der Waals surface area contributed by atoms with Gasteiger partial charge in [-0.15, -0.1) is 0 Å². The van der Waals surface area contributed by atoms with Crippen LogP contribution in [-0.2, 0) is 14.7 Å². The zero-order valence-electron chi connectivity index (χ0n) is 10.9. The van der Waals surface area contributed by atoms with E-state index in [2.05, 4.69) is 15.7 Å². The number of hydrogen-bond acceptors (Lipinski definition) is 7. The molecule has 8 heteroatoms. The van der Waals surface area contributed by atoms with Crippen molar-refractivity contribution in [3.63, 3.8) is 0 Å². The molecule has 0 saturated heterocycles. The van der Waals surface area contributed by atoms with Gasteiger partial charge in [-0.3, -0.25) is 10.3 Å².